The highest BCUT2D eigenvalue weighted by atomic mass is 35.5. The summed E-state index contributed by atoms with van der Waals surface area (Å²) >= 11 is 11.6. The zero-order valence-corrected chi connectivity index (χ0v) is 11.3. The van der Waals surface area contributed by atoms with Crippen molar-refractivity contribution in [1.82, 2.24) is 29.7 Å². The lowest BCUT2D eigenvalue weighted by Crippen LogP contribution is -2.05. The van der Waals surface area contributed by atoms with Crippen LogP contribution in [0, 0.1) is 0 Å². The molecule has 0 atom stereocenters. The molecule has 0 unspecified atom stereocenters. The molecule has 2 aromatic heterocycles. The molecule has 0 saturated carbocycles. The molecular weight excluding hydrogens is 303 g/mol. The first-order valence-electron chi connectivity index (χ1n) is 5.41. The number of hydrogen-bond acceptors (Lipinski definition) is 6. The smallest absolute Gasteiger partial charge is 0.328 e. The quantitative estimate of drug-likeness (QED) is 0.740. The van der Waals surface area contributed by atoms with E-state index >= 15 is 0 Å². The van der Waals surface area contributed by atoms with Gasteiger partial charge in [0, 0.05) is 5.02 Å². The molecule has 20 heavy (non-hydrogen) atoms. The molecule has 0 saturated heterocycles. The summed E-state index contributed by atoms with van der Waals surface area (Å²) < 4.78 is 6.84. The van der Waals surface area contributed by atoms with E-state index in [-0.39, 0.29) is 17.2 Å². The Morgan fingerprint density at radius 3 is 2.50 bits per heavy atom. The van der Waals surface area contributed by atoms with Crippen LogP contribution in [0.25, 0.3) is 5.95 Å². The van der Waals surface area contributed by atoms with Crippen LogP contribution in [-0.4, -0.2) is 29.7 Å². The standard InChI is InChI=1S/C11H6Cl2N6O/c12-7-1-3-8(4-2-7)20-11-17-9(13)16-10(18-11)19-6-14-5-15-19/h1-6H. The molecule has 1 aromatic carbocycles. The fourth-order valence-corrected chi connectivity index (χ4v) is 1.66. The number of benzene rings is 1. The van der Waals surface area contributed by atoms with E-state index in [1.807, 2.05) is 0 Å². The zero-order chi connectivity index (χ0) is 13.9. The molecule has 0 fully saturated rings. The maximum Gasteiger partial charge on any atom is 0.328 e. The van der Waals surface area contributed by atoms with E-state index in [2.05, 4.69) is 25.0 Å². The molecule has 3 aromatic rings. The van der Waals surface area contributed by atoms with Gasteiger partial charge in [0.25, 0.3) is 5.95 Å². The molecule has 2 heterocycles. The topological polar surface area (TPSA) is 78.6 Å². The fraction of sp³-hybridized carbons (Fsp3) is 0. The Hall–Kier alpha value is -2.25. The summed E-state index contributed by atoms with van der Waals surface area (Å²) in [6, 6.07) is 6.82. The Morgan fingerprint density at radius 1 is 1.00 bits per heavy atom. The van der Waals surface area contributed by atoms with Gasteiger partial charge in [-0.2, -0.15) is 24.7 Å². The SMILES string of the molecule is Clc1ccc(Oc2nc(Cl)nc(-n3cncn3)n2)cc1. The van der Waals surface area contributed by atoms with Crippen LogP contribution in [0.3, 0.4) is 0 Å². The Morgan fingerprint density at radius 2 is 1.80 bits per heavy atom. The van der Waals surface area contributed by atoms with Crippen molar-refractivity contribution < 1.29 is 4.74 Å². The molecule has 0 bridgehead atoms. The number of nitrogens with zero attached hydrogens (tertiary/aromatic N) is 6. The minimum absolute atomic E-state index is 0.00513. The van der Waals surface area contributed by atoms with Crippen molar-refractivity contribution in [2.45, 2.75) is 0 Å². The first kappa shape index (κ1) is 12.8. The molecule has 0 aliphatic heterocycles. The van der Waals surface area contributed by atoms with Crippen molar-refractivity contribution >= 4 is 23.2 Å². The first-order chi connectivity index (χ1) is 9.70. The van der Waals surface area contributed by atoms with Gasteiger partial charge in [0.1, 0.15) is 18.4 Å². The molecule has 7 nitrogen and oxygen atoms in total. The molecule has 0 aliphatic rings. The number of halogens is 2. The van der Waals surface area contributed by atoms with E-state index in [1.165, 1.54) is 17.3 Å². The number of aromatic nitrogens is 6. The lowest BCUT2D eigenvalue weighted by Gasteiger charge is -2.05. The minimum Gasteiger partial charge on any atom is -0.424 e. The van der Waals surface area contributed by atoms with Crippen molar-refractivity contribution in [3.8, 4) is 17.7 Å². The zero-order valence-electron chi connectivity index (χ0n) is 9.81. The number of hydrogen-bond donors (Lipinski definition) is 0. The third kappa shape index (κ3) is 2.84. The van der Waals surface area contributed by atoms with Gasteiger partial charge < -0.3 is 4.74 Å². The summed E-state index contributed by atoms with van der Waals surface area (Å²) in [5.74, 6) is 0.743. The summed E-state index contributed by atoms with van der Waals surface area (Å²) in [6.07, 6.45) is 2.80. The summed E-state index contributed by atoms with van der Waals surface area (Å²) in [4.78, 5) is 15.7. The van der Waals surface area contributed by atoms with E-state index in [1.54, 1.807) is 24.3 Å². The maximum absolute atomic E-state index is 5.83. The van der Waals surface area contributed by atoms with E-state index < -0.39 is 0 Å². The van der Waals surface area contributed by atoms with Crippen molar-refractivity contribution in [2.24, 2.45) is 0 Å². The molecule has 0 amide bonds. The van der Waals surface area contributed by atoms with Gasteiger partial charge >= 0.3 is 6.01 Å². The van der Waals surface area contributed by atoms with Crippen LogP contribution >= 0.6 is 23.2 Å². The van der Waals surface area contributed by atoms with Crippen molar-refractivity contribution in [1.29, 1.82) is 0 Å². The van der Waals surface area contributed by atoms with Crippen molar-refractivity contribution in [3.05, 3.63) is 47.2 Å². The second kappa shape index (κ2) is 5.40. The Labute approximate surface area is 123 Å². The predicted molar refractivity (Wildman–Crippen MR) is 71.3 cm³/mol. The monoisotopic (exact) mass is 308 g/mol. The lowest BCUT2D eigenvalue weighted by molar-refractivity contribution is 0.437. The first-order valence-corrected chi connectivity index (χ1v) is 6.16. The largest absolute Gasteiger partial charge is 0.424 e. The van der Waals surface area contributed by atoms with Crippen molar-refractivity contribution in [2.75, 3.05) is 0 Å². The second-order valence-electron chi connectivity index (χ2n) is 3.58. The highest BCUT2D eigenvalue weighted by Gasteiger charge is 2.09. The van der Waals surface area contributed by atoms with Gasteiger partial charge in [-0.05, 0) is 35.9 Å². The van der Waals surface area contributed by atoms with Gasteiger partial charge in [0.2, 0.25) is 5.28 Å². The number of rotatable bonds is 3. The second-order valence-corrected chi connectivity index (χ2v) is 4.36. The summed E-state index contributed by atoms with van der Waals surface area (Å²) in [5, 5.41) is 4.51. The van der Waals surface area contributed by atoms with Gasteiger partial charge in [-0.25, -0.2) is 4.98 Å². The summed E-state index contributed by atoms with van der Waals surface area (Å²) in [6.45, 7) is 0. The third-order valence-electron chi connectivity index (χ3n) is 2.22. The molecule has 0 radical (unpaired) electrons. The van der Waals surface area contributed by atoms with E-state index in [4.69, 9.17) is 27.9 Å². The van der Waals surface area contributed by atoms with Gasteiger partial charge in [0.05, 0.1) is 0 Å². The molecule has 100 valence electrons. The molecule has 0 spiro atoms. The number of ether oxygens (including phenoxy) is 1. The molecule has 3 rings (SSSR count). The van der Waals surface area contributed by atoms with Gasteiger partial charge in [-0.1, -0.05) is 11.6 Å². The summed E-state index contributed by atoms with van der Waals surface area (Å²) in [7, 11) is 0. The highest BCUT2D eigenvalue weighted by molar-refractivity contribution is 6.30. The van der Waals surface area contributed by atoms with Crippen LogP contribution in [-0.2, 0) is 0 Å². The van der Waals surface area contributed by atoms with Crippen LogP contribution in [0.15, 0.2) is 36.9 Å². The Balaban J connectivity index is 1.92. The average molecular weight is 309 g/mol. The summed E-state index contributed by atoms with van der Waals surface area (Å²) in [5.41, 5.74) is 0. The molecule has 9 heteroatoms. The predicted octanol–water partition coefficient (Wildman–Crippen LogP) is 2.55. The van der Waals surface area contributed by atoms with Gasteiger partial charge in [-0.3, -0.25) is 0 Å². The average Bonchev–Trinajstić information content (AvgIpc) is 2.95. The van der Waals surface area contributed by atoms with Crippen LogP contribution in [0.2, 0.25) is 10.3 Å². The van der Waals surface area contributed by atoms with Crippen LogP contribution in [0.5, 0.6) is 11.8 Å². The Bertz CT molecular complexity index is 716. The third-order valence-corrected chi connectivity index (χ3v) is 2.64. The lowest BCUT2D eigenvalue weighted by atomic mass is 10.3. The van der Waals surface area contributed by atoms with Crippen LogP contribution < -0.4 is 4.74 Å². The fourth-order valence-electron chi connectivity index (χ4n) is 1.39. The Kier molecular flexibility index (Phi) is 3.44. The van der Waals surface area contributed by atoms with Crippen molar-refractivity contribution in [3.63, 3.8) is 0 Å². The minimum atomic E-state index is -0.00513. The highest BCUT2D eigenvalue weighted by Crippen LogP contribution is 2.21. The van der Waals surface area contributed by atoms with E-state index in [9.17, 15) is 0 Å². The van der Waals surface area contributed by atoms with Crippen LogP contribution in [0.4, 0.5) is 0 Å². The molecule has 0 N–H and O–H groups in total. The van der Waals surface area contributed by atoms with Crippen LogP contribution in [0.1, 0.15) is 0 Å². The molecule has 0 aliphatic carbocycles. The van der Waals surface area contributed by atoms with E-state index in [0.717, 1.165) is 0 Å². The maximum atomic E-state index is 5.83. The normalized spacial score (nSPS) is 10.5. The van der Waals surface area contributed by atoms with Gasteiger partial charge in [-0.15, -0.1) is 0 Å². The molecular formula is C11H6Cl2N6O. The van der Waals surface area contributed by atoms with Gasteiger partial charge in [0.15, 0.2) is 0 Å². The van der Waals surface area contributed by atoms with E-state index in [0.29, 0.717) is 10.8 Å².